The summed E-state index contributed by atoms with van der Waals surface area (Å²) in [4.78, 5) is 21.6. The lowest BCUT2D eigenvalue weighted by molar-refractivity contribution is -0.459. The van der Waals surface area contributed by atoms with E-state index in [9.17, 15) is 124 Å². The van der Waals surface area contributed by atoms with Gasteiger partial charge in [-0.1, -0.05) is 10.2 Å². The molecule has 0 aromatic carbocycles. The van der Waals surface area contributed by atoms with Gasteiger partial charge in [0.05, 0.1) is 0 Å². The Morgan fingerprint density at radius 2 is 0.478 bits per heavy atom. The van der Waals surface area contributed by atoms with Gasteiger partial charge in [-0.15, -0.1) is 0 Å². The van der Waals surface area contributed by atoms with Crippen LogP contribution in [0.2, 0.25) is 0 Å². The summed E-state index contributed by atoms with van der Waals surface area (Å²) >= 11 is 0. The van der Waals surface area contributed by atoms with Gasteiger partial charge in [0, 0.05) is 0 Å². The topological polar surface area (TPSA) is 77.3 Å². The molecule has 46 heavy (non-hydrogen) atoms. The number of hydrogen-bond donors (Lipinski definition) is 0. The van der Waals surface area contributed by atoms with E-state index in [1.807, 2.05) is 9.47 Å². The van der Waals surface area contributed by atoms with E-state index in [1.54, 1.807) is 0 Å². The van der Waals surface area contributed by atoms with Gasteiger partial charge >= 0.3 is 84.1 Å². The van der Waals surface area contributed by atoms with Gasteiger partial charge in [0.25, 0.3) is 0 Å². The molecule has 0 unspecified atom stereocenters. The third kappa shape index (κ3) is 6.21. The highest BCUT2D eigenvalue weighted by Crippen LogP contribution is 2.62. The molecule has 0 aliphatic carbocycles. The molecule has 0 radical (unpaired) electrons. The van der Waals surface area contributed by atoms with E-state index >= 15 is 0 Å². The van der Waals surface area contributed by atoms with E-state index in [4.69, 9.17) is 0 Å². The fraction of sp³-hybridized carbons (Fsp3) is 0.857. The molecule has 0 heterocycles. The van der Waals surface area contributed by atoms with Crippen LogP contribution in [0.5, 0.6) is 0 Å². The van der Waals surface area contributed by atoms with E-state index in [0.29, 0.717) is 0 Å². The number of alkyl halides is 26. The van der Waals surface area contributed by atoms with Gasteiger partial charge in [-0.05, 0) is 0 Å². The molecule has 0 fully saturated rings. The second-order valence-electron chi connectivity index (χ2n) is 7.56. The Bertz CT molecular complexity index is 1090. The molecule has 0 atom stereocenters. The maximum Gasteiger partial charge on any atom is 0.474 e. The van der Waals surface area contributed by atoms with Crippen LogP contribution in [0.4, 0.5) is 124 Å². The Hall–Kier alpha value is -3.28. The first kappa shape index (κ1) is 42.7. The highest BCUT2D eigenvalue weighted by molar-refractivity contribution is 5.73. The van der Waals surface area contributed by atoms with Gasteiger partial charge in [-0.25, -0.2) is 9.59 Å². The van der Waals surface area contributed by atoms with Crippen LogP contribution in [0.15, 0.2) is 10.2 Å². The minimum atomic E-state index is -8.62. The van der Waals surface area contributed by atoms with Gasteiger partial charge in [-0.3, -0.25) is 0 Å². The number of amides is 2. The number of azo groups is 1. The van der Waals surface area contributed by atoms with Crippen molar-refractivity contribution in [3.63, 3.8) is 0 Å². The zero-order valence-corrected chi connectivity index (χ0v) is 19.4. The number of nitrogens with zero attached hydrogens (tertiary/aromatic N) is 2. The largest absolute Gasteiger partial charge is 0.474 e. The molecule has 0 aliphatic heterocycles. The maximum atomic E-state index is 13.3. The number of hydrogen-bond acceptors (Lipinski definition) is 4. The molecule has 0 aliphatic rings. The van der Waals surface area contributed by atoms with Crippen molar-refractivity contribution in [1.29, 1.82) is 0 Å². The van der Waals surface area contributed by atoms with Crippen molar-refractivity contribution in [2.75, 3.05) is 0 Å². The lowest BCUT2D eigenvalue weighted by Gasteiger charge is -2.38. The fourth-order valence-corrected chi connectivity index (χ4v) is 1.98. The summed E-state index contributed by atoms with van der Waals surface area (Å²) in [5.74, 6) is -67.8. The van der Waals surface area contributed by atoms with Crippen LogP contribution in [0.3, 0.4) is 0 Å². The van der Waals surface area contributed by atoms with E-state index < -0.39 is 84.1 Å². The normalized spacial score (nSPS) is 16.1. The number of carbonyl (C=O) groups is 2. The number of rotatable bonds is 10. The van der Waals surface area contributed by atoms with Crippen molar-refractivity contribution in [3.05, 3.63) is 0 Å². The lowest BCUT2D eigenvalue weighted by Crippen LogP contribution is -2.70. The molecule has 0 rings (SSSR count). The van der Waals surface area contributed by atoms with Gasteiger partial charge < -0.3 is 9.47 Å². The molecule has 0 saturated heterocycles. The Labute approximate surface area is 229 Å². The van der Waals surface area contributed by atoms with Gasteiger partial charge in [0.2, 0.25) is 0 Å². The summed E-state index contributed by atoms with van der Waals surface area (Å²) in [7, 11) is 0. The lowest BCUT2D eigenvalue weighted by atomic mass is 9.97. The molecule has 6 nitrogen and oxygen atoms in total. The van der Waals surface area contributed by atoms with Crippen LogP contribution in [-0.2, 0) is 9.47 Å². The van der Waals surface area contributed by atoms with Crippen LogP contribution in [0.25, 0.3) is 0 Å². The van der Waals surface area contributed by atoms with Crippen LogP contribution < -0.4 is 0 Å². The molecule has 2 amide bonds. The molecular formula is C14F26N2O4. The highest BCUT2D eigenvalue weighted by Gasteiger charge is 2.93. The summed E-state index contributed by atoms with van der Waals surface area (Å²) in [6.45, 7) is 0. The van der Waals surface area contributed by atoms with Crippen LogP contribution in [0, 0.1) is 0 Å². The predicted molar refractivity (Wildman–Crippen MR) is 79.4 cm³/mol. The quantitative estimate of drug-likeness (QED) is 0.165. The fourth-order valence-electron chi connectivity index (χ4n) is 1.98. The van der Waals surface area contributed by atoms with Crippen molar-refractivity contribution in [3.8, 4) is 0 Å². The second-order valence-corrected chi connectivity index (χ2v) is 7.56. The smallest absolute Gasteiger partial charge is 0.376 e. The molecule has 0 aromatic rings. The molecule has 0 bridgehead atoms. The summed E-state index contributed by atoms with van der Waals surface area (Å²) in [6.07, 6.45) is -39.5. The van der Waals surface area contributed by atoms with E-state index in [2.05, 4.69) is 0 Å². The Morgan fingerprint density at radius 3 is 0.652 bits per heavy atom. The first-order chi connectivity index (χ1) is 19.5. The second kappa shape index (κ2) is 11.2. The SMILES string of the molecule is O=C(/N=N/C(=O)OC(F)(F)C(F)(F)C(F)(F)C(F)(F)C(F)(F)C(F)(F)F)OC(F)(F)C(F)(F)C(F)(F)C(F)(F)C(F)(F)C(F)(F)F. The average Bonchev–Trinajstić information content (AvgIpc) is 2.79. The summed E-state index contributed by atoms with van der Waals surface area (Å²) in [5, 5.41) is 1.87. The van der Waals surface area contributed by atoms with Gasteiger partial charge in [-0.2, -0.15) is 114 Å². The zero-order valence-electron chi connectivity index (χ0n) is 19.4. The molecule has 0 N–H and O–H groups in total. The van der Waals surface area contributed by atoms with Crippen LogP contribution >= 0.6 is 0 Å². The number of halogens is 26. The Morgan fingerprint density at radius 1 is 0.304 bits per heavy atom. The molecule has 0 spiro atoms. The van der Waals surface area contributed by atoms with Gasteiger partial charge in [0.15, 0.2) is 0 Å². The van der Waals surface area contributed by atoms with Crippen molar-refractivity contribution in [2.24, 2.45) is 10.2 Å². The maximum absolute atomic E-state index is 13.3. The van der Waals surface area contributed by atoms with Crippen LogP contribution in [-0.4, -0.2) is 84.1 Å². The average molecular weight is 754 g/mol. The van der Waals surface area contributed by atoms with Crippen molar-refractivity contribution < 1.29 is 133 Å². The Balaban J connectivity index is 6.22. The third-order valence-corrected chi connectivity index (χ3v) is 4.45. The highest BCUT2D eigenvalue weighted by atomic mass is 19.4. The Kier molecular flexibility index (Phi) is 10.4. The summed E-state index contributed by atoms with van der Waals surface area (Å²) in [6, 6.07) is 0. The summed E-state index contributed by atoms with van der Waals surface area (Å²) < 4.78 is 337. The number of carbonyl (C=O) groups excluding carboxylic acids is 2. The standard InChI is InChI=1S/C14F26N2O4/c15-3(16,7(23,24)11(31,32)33)5(19,20)9(27,28)13(37,38)45-1(43)41-42-2(44)46-14(39,40)10(29,30)6(21,22)4(17,18)8(25,26)12(34,35)36/b42-41+. The third-order valence-electron chi connectivity index (χ3n) is 4.45. The minimum absolute atomic E-state index is 0.937. The van der Waals surface area contributed by atoms with Crippen molar-refractivity contribution in [2.45, 2.75) is 72.0 Å². The van der Waals surface area contributed by atoms with Crippen molar-refractivity contribution >= 4 is 12.2 Å². The van der Waals surface area contributed by atoms with E-state index in [-0.39, 0.29) is 0 Å². The monoisotopic (exact) mass is 754 g/mol. The molecule has 32 heteroatoms. The first-order valence-corrected chi connectivity index (χ1v) is 9.29. The molecular weight excluding hydrogens is 754 g/mol. The number of ether oxygens (including phenoxy) is 2. The van der Waals surface area contributed by atoms with Gasteiger partial charge in [0.1, 0.15) is 0 Å². The van der Waals surface area contributed by atoms with E-state index in [1.165, 1.54) is 0 Å². The zero-order chi connectivity index (χ0) is 38.0. The predicted octanol–water partition coefficient (Wildman–Crippen LogP) is 9.10. The molecule has 0 saturated carbocycles. The first-order valence-electron chi connectivity index (χ1n) is 9.29. The summed E-state index contributed by atoms with van der Waals surface area (Å²) in [5.41, 5.74) is 0. The van der Waals surface area contributed by atoms with E-state index in [0.717, 1.165) is 10.2 Å². The molecule has 0 aromatic heterocycles. The minimum Gasteiger partial charge on any atom is -0.376 e. The molecule has 272 valence electrons. The van der Waals surface area contributed by atoms with Crippen molar-refractivity contribution in [1.82, 2.24) is 0 Å². The van der Waals surface area contributed by atoms with Crippen LogP contribution in [0.1, 0.15) is 0 Å².